The topological polar surface area (TPSA) is 114 Å². The van der Waals surface area contributed by atoms with Crippen molar-refractivity contribution in [2.75, 3.05) is 24.9 Å². The van der Waals surface area contributed by atoms with E-state index < -0.39 is 11.9 Å². The Balaban J connectivity index is 2.15. The Labute approximate surface area is 158 Å². The molecule has 0 aliphatic heterocycles. The van der Waals surface area contributed by atoms with Gasteiger partial charge in [0, 0.05) is 24.5 Å². The third-order valence-electron chi connectivity index (χ3n) is 4.60. The summed E-state index contributed by atoms with van der Waals surface area (Å²) in [6.07, 6.45) is 4.62. The number of amides is 2. The maximum Gasteiger partial charge on any atom is 0.303 e. The average Bonchev–Trinajstić information content (AvgIpc) is 2.67. The van der Waals surface area contributed by atoms with E-state index in [2.05, 4.69) is 10.6 Å². The normalized spacial score (nSPS) is 14.3. The molecule has 8 heteroatoms. The van der Waals surface area contributed by atoms with Crippen LogP contribution >= 0.6 is 0 Å². The van der Waals surface area contributed by atoms with Crippen LogP contribution in [0.5, 0.6) is 11.5 Å². The number of ether oxygens (including phenoxy) is 2. The van der Waals surface area contributed by atoms with Crippen molar-refractivity contribution in [2.45, 2.75) is 44.9 Å². The fourth-order valence-electron chi connectivity index (χ4n) is 3.13. The molecule has 1 fully saturated rings. The van der Waals surface area contributed by atoms with Crippen LogP contribution in [0.3, 0.4) is 0 Å². The second-order valence-electron chi connectivity index (χ2n) is 6.52. The van der Waals surface area contributed by atoms with Crippen LogP contribution in [0.25, 0.3) is 0 Å². The van der Waals surface area contributed by atoms with Gasteiger partial charge in [-0.3, -0.25) is 14.4 Å². The lowest BCUT2D eigenvalue weighted by atomic mass is 9.88. The molecule has 2 amide bonds. The van der Waals surface area contributed by atoms with Crippen molar-refractivity contribution < 1.29 is 29.0 Å². The minimum Gasteiger partial charge on any atom is -0.494 e. The summed E-state index contributed by atoms with van der Waals surface area (Å²) >= 11 is 0. The highest BCUT2D eigenvalue weighted by Gasteiger charge is 2.23. The molecular formula is C19H26N2O6. The lowest BCUT2D eigenvalue weighted by Gasteiger charge is -2.22. The smallest absolute Gasteiger partial charge is 0.303 e. The highest BCUT2D eigenvalue weighted by Crippen LogP contribution is 2.37. The van der Waals surface area contributed by atoms with Crippen molar-refractivity contribution in [3.05, 3.63) is 12.1 Å². The lowest BCUT2D eigenvalue weighted by Crippen LogP contribution is -2.25. The average molecular weight is 378 g/mol. The van der Waals surface area contributed by atoms with Crippen molar-refractivity contribution >= 4 is 29.2 Å². The predicted molar refractivity (Wildman–Crippen MR) is 100 cm³/mol. The SMILES string of the molecule is COc1cc(NC(=O)C2CCCCC2)c(OC)cc1NC(=O)CCC(=O)O. The molecule has 2 rings (SSSR count). The molecule has 0 saturated heterocycles. The molecule has 0 atom stereocenters. The molecule has 1 saturated carbocycles. The zero-order valence-corrected chi connectivity index (χ0v) is 15.7. The number of carboxylic acid groups (broad SMARTS) is 1. The van der Waals surface area contributed by atoms with Gasteiger partial charge in [-0.1, -0.05) is 19.3 Å². The zero-order chi connectivity index (χ0) is 19.8. The van der Waals surface area contributed by atoms with Gasteiger partial charge >= 0.3 is 5.97 Å². The van der Waals surface area contributed by atoms with Crippen LogP contribution in [0.1, 0.15) is 44.9 Å². The van der Waals surface area contributed by atoms with Gasteiger partial charge in [0.05, 0.1) is 32.0 Å². The summed E-state index contributed by atoms with van der Waals surface area (Å²) in [5.74, 6) is -0.822. The lowest BCUT2D eigenvalue weighted by molar-refractivity contribution is -0.138. The summed E-state index contributed by atoms with van der Waals surface area (Å²) in [5, 5.41) is 14.2. The van der Waals surface area contributed by atoms with E-state index in [0.29, 0.717) is 22.9 Å². The van der Waals surface area contributed by atoms with Gasteiger partial charge in [0.15, 0.2) is 0 Å². The first kappa shape index (κ1) is 20.5. The number of benzene rings is 1. The Kier molecular flexibility index (Phi) is 7.45. The Morgan fingerprint density at radius 3 is 2.04 bits per heavy atom. The molecule has 0 bridgehead atoms. The second kappa shape index (κ2) is 9.80. The number of aliphatic carboxylic acids is 1. The van der Waals surface area contributed by atoms with E-state index in [1.807, 2.05) is 0 Å². The van der Waals surface area contributed by atoms with Crippen LogP contribution < -0.4 is 20.1 Å². The number of carbonyl (C=O) groups excluding carboxylic acids is 2. The highest BCUT2D eigenvalue weighted by molar-refractivity contribution is 5.97. The summed E-state index contributed by atoms with van der Waals surface area (Å²) in [7, 11) is 2.91. The van der Waals surface area contributed by atoms with Crippen LogP contribution in [0.2, 0.25) is 0 Å². The Bertz CT molecular complexity index is 698. The molecule has 1 aromatic rings. The number of hydrogen-bond acceptors (Lipinski definition) is 5. The minimum absolute atomic E-state index is 0.00940. The van der Waals surface area contributed by atoms with Crippen LogP contribution in [0.15, 0.2) is 12.1 Å². The van der Waals surface area contributed by atoms with Crippen LogP contribution in [0, 0.1) is 5.92 Å². The first-order valence-electron chi connectivity index (χ1n) is 9.03. The predicted octanol–water partition coefficient (Wildman–Crippen LogP) is 3.03. The molecular weight excluding hydrogens is 352 g/mol. The van der Waals surface area contributed by atoms with E-state index >= 15 is 0 Å². The fraction of sp³-hybridized carbons (Fsp3) is 0.526. The first-order valence-corrected chi connectivity index (χ1v) is 9.03. The van der Waals surface area contributed by atoms with Gasteiger partial charge < -0.3 is 25.2 Å². The number of nitrogens with one attached hydrogen (secondary N) is 2. The Morgan fingerprint density at radius 1 is 0.963 bits per heavy atom. The van der Waals surface area contributed by atoms with E-state index in [1.54, 1.807) is 12.1 Å². The van der Waals surface area contributed by atoms with Crippen molar-refractivity contribution in [1.29, 1.82) is 0 Å². The third-order valence-corrected chi connectivity index (χ3v) is 4.60. The quantitative estimate of drug-likeness (QED) is 0.641. The van der Waals surface area contributed by atoms with Crippen molar-refractivity contribution in [1.82, 2.24) is 0 Å². The van der Waals surface area contributed by atoms with Gasteiger partial charge in [-0.15, -0.1) is 0 Å². The summed E-state index contributed by atoms with van der Waals surface area (Å²) in [6.45, 7) is 0. The number of carboxylic acids is 1. The van der Waals surface area contributed by atoms with E-state index in [1.165, 1.54) is 14.2 Å². The molecule has 1 aliphatic rings. The molecule has 8 nitrogen and oxygen atoms in total. The van der Waals surface area contributed by atoms with Crippen LogP contribution in [-0.2, 0) is 14.4 Å². The molecule has 27 heavy (non-hydrogen) atoms. The Hall–Kier alpha value is -2.77. The van der Waals surface area contributed by atoms with Crippen LogP contribution in [-0.4, -0.2) is 37.1 Å². The number of rotatable bonds is 8. The van der Waals surface area contributed by atoms with Crippen molar-refractivity contribution in [2.24, 2.45) is 5.92 Å². The second-order valence-corrected chi connectivity index (χ2v) is 6.52. The molecule has 0 spiro atoms. The third kappa shape index (κ3) is 5.87. The molecule has 0 radical (unpaired) electrons. The van der Waals surface area contributed by atoms with Crippen molar-refractivity contribution in [3.63, 3.8) is 0 Å². The number of carbonyl (C=O) groups is 3. The van der Waals surface area contributed by atoms with E-state index in [-0.39, 0.29) is 24.7 Å². The molecule has 0 heterocycles. The molecule has 1 aliphatic carbocycles. The summed E-state index contributed by atoms with van der Waals surface area (Å²) in [4.78, 5) is 35.0. The zero-order valence-electron chi connectivity index (χ0n) is 15.7. The molecule has 0 aromatic heterocycles. The maximum atomic E-state index is 12.5. The van der Waals surface area contributed by atoms with Gasteiger partial charge in [0.25, 0.3) is 0 Å². The van der Waals surface area contributed by atoms with Gasteiger partial charge in [0.2, 0.25) is 11.8 Å². The van der Waals surface area contributed by atoms with E-state index in [9.17, 15) is 14.4 Å². The van der Waals surface area contributed by atoms with Gasteiger partial charge in [-0.25, -0.2) is 0 Å². The maximum absolute atomic E-state index is 12.5. The standard InChI is InChI=1S/C19H26N2O6/c1-26-15-11-14(21-19(25)12-6-4-3-5-7-12)16(27-2)10-13(15)20-17(22)8-9-18(23)24/h10-12H,3-9H2,1-2H3,(H,20,22)(H,21,25)(H,23,24). The highest BCUT2D eigenvalue weighted by atomic mass is 16.5. The van der Waals surface area contributed by atoms with Crippen LogP contribution in [0.4, 0.5) is 11.4 Å². The number of methoxy groups -OCH3 is 2. The summed E-state index contributed by atoms with van der Waals surface area (Å²) in [6, 6.07) is 3.14. The Morgan fingerprint density at radius 2 is 1.52 bits per heavy atom. The molecule has 1 aromatic carbocycles. The number of hydrogen-bond donors (Lipinski definition) is 3. The molecule has 148 valence electrons. The summed E-state index contributed by atoms with van der Waals surface area (Å²) < 4.78 is 10.6. The van der Waals surface area contributed by atoms with Gasteiger partial charge in [-0.05, 0) is 12.8 Å². The van der Waals surface area contributed by atoms with Gasteiger partial charge in [-0.2, -0.15) is 0 Å². The van der Waals surface area contributed by atoms with E-state index in [4.69, 9.17) is 14.6 Å². The fourth-order valence-corrected chi connectivity index (χ4v) is 3.13. The largest absolute Gasteiger partial charge is 0.494 e. The van der Waals surface area contributed by atoms with Gasteiger partial charge in [0.1, 0.15) is 11.5 Å². The molecule has 0 unspecified atom stereocenters. The van der Waals surface area contributed by atoms with E-state index in [0.717, 1.165) is 32.1 Å². The first-order chi connectivity index (χ1) is 12.9. The molecule has 3 N–H and O–H groups in total. The minimum atomic E-state index is -1.05. The van der Waals surface area contributed by atoms with Crippen molar-refractivity contribution in [3.8, 4) is 11.5 Å². The summed E-state index contributed by atoms with van der Waals surface area (Å²) in [5.41, 5.74) is 0.814. The monoisotopic (exact) mass is 378 g/mol. The number of anilines is 2.